The highest BCUT2D eigenvalue weighted by Gasteiger charge is 2.25. The minimum Gasteiger partial charge on any atom is -0.338 e. The van der Waals surface area contributed by atoms with Crippen molar-refractivity contribution in [2.45, 2.75) is 25.3 Å². The summed E-state index contributed by atoms with van der Waals surface area (Å²) in [5.41, 5.74) is 1.92. The number of nitrogens with zero attached hydrogens (tertiary/aromatic N) is 3. The van der Waals surface area contributed by atoms with Crippen molar-refractivity contribution in [2.24, 2.45) is 0 Å². The van der Waals surface area contributed by atoms with Crippen LogP contribution < -0.4 is 0 Å². The maximum atomic E-state index is 13.2. The lowest BCUT2D eigenvalue weighted by Crippen LogP contribution is -2.30. The van der Waals surface area contributed by atoms with E-state index in [4.69, 9.17) is 4.52 Å². The van der Waals surface area contributed by atoms with E-state index in [2.05, 4.69) is 10.1 Å². The van der Waals surface area contributed by atoms with Gasteiger partial charge >= 0.3 is 0 Å². The highest BCUT2D eigenvalue weighted by Crippen LogP contribution is 2.24. The zero-order valence-electron chi connectivity index (χ0n) is 16.2. The first kappa shape index (κ1) is 19.3. The van der Waals surface area contributed by atoms with Crippen molar-refractivity contribution in [1.82, 2.24) is 14.4 Å². The molecule has 4 rings (SSSR count). The third kappa shape index (κ3) is 3.92. The first-order valence-corrected chi connectivity index (χ1v) is 10.8. The lowest BCUT2D eigenvalue weighted by atomic mass is 10.1. The molecule has 0 fully saturated rings. The second-order valence-electron chi connectivity index (χ2n) is 6.82. The van der Waals surface area contributed by atoms with Crippen LogP contribution >= 0.6 is 0 Å². The molecular formula is C22H21N3O3S. The van der Waals surface area contributed by atoms with Crippen molar-refractivity contribution >= 4 is 20.8 Å². The van der Waals surface area contributed by atoms with Gasteiger partial charge in [0.05, 0.1) is 11.4 Å². The molecule has 0 amide bonds. The molecule has 0 radical (unpaired) electrons. The molecule has 0 N–H and O–H groups in total. The third-order valence-electron chi connectivity index (χ3n) is 4.77. The predicted octanol–water partition coefficient (Wildman–Crippen LogP) is 4.41. The number of rotatable bonds is 6. The fourth-order valence-corrected chi connectivity index (χ4v) is 4.65. The molecule has 0 saturated heterocycles. The van der Waals surface area contributed by atoms with Crippen LogP contribution in [-0.2, 0) is 16.6 Å². The van der Waals surface area contributed by atoms with E-state index in [9.17, 15) is 8.42 Å². The summed E-state index contributed by atoms with van der Waals surface area (Å²) in [6.07, 6.45) is 0. The Morgan fingerprint density at radius 2 is 1.76 bits per heavy atom. The van der Waals surface area contributed by atoms with Gasteiger partial charge in [-0.3, -0.25) is 0 Å². The molecule has 0 saturated carbocycles. The molecule has 4 aromatic rings. The van der Waals surface area contributed by atoms with E-state index in [0.29, 0.717) is 5.82 Å². The molecule has 1 heterocycles. The van der Waals surface area contributed by atoms with Crippen LogP contribution in [0.25, 0.3) is 22.2 Å². The lowest BCUT2D eigenvalue weighted by Gasteiger charge is -2.18. The monoisotopic (exact) mass is 407 g/mol. The van der Waals surface area contributed by atoms with E-state index in [1.165, 1.54) is 4.31 Å². The van der Waals surface area contributed by atoms with Gasteiger partial charge in [-0.1, -0.05) is 66.2 Å². The summed E-state index contributed by atoms with van der Waals surface area (Å²) >= 11 is 0. The van der Waals surface area contributed by atoms with Crippen LogP contribution in [0.4, 0.5) is 0 Å². The smallest absolute Gasteiger partial charge is 0.243 e. The lowest BCUT2D eigenvalue weighted by molar-refractivity contribution is 0.321. The molecular weight excluding hydrogens is 386 g/mol. The third-order valence-corrected chi connectivity index (χ3v) is 6.68. The Hall–Kier alpha value is -3.03. The molecule has 0 bridgehead atoms. The van der Waals surface area contributed by atoms with Crippen molar-refractivity contribution < 1.29 is 12.9 Å². The average molecular weight is 407 g/mol. The van der Waals surface area contributed by atoms with Crippen molar-refractivity contribution in [2.75, 3.05) is 6.54 Å². The zero-order chi connectivity index (χ0) is 20.4. The van der Waals surface area contributed by atoms with Crippen LogP contribution in [-0.4, -0.2) is 29.4 Å². The normalized spacial score (nSPS) is 12.0. The Labute approximate surface area is 169 Å². The van der Waals surface area contributed by atoms with Crippen LogP contribution in [0.1, 0.15) is 18.4 Å². The Morgan fingerprint density at radius 3 is 2.52 bits per heavy atom. The molecule has 0 unspecified atom stereocenters. The summed E-state index contributed by atoms with van der Waals surface area (Å²) < 4.78 is 33.0. The van der Waals surface area contributed by atoms with Crippen LogP contribution in [0.5, 0.6) is 0 Å². The highest BCUT2D eigenvalue weighted by atomic mass is 32.2. The fourth-order valence-electron chi connectivity index (χ4n) is 3.22. The van der Waals surface area contributed by atoms with Crippen LogP contribution in [0.15, 0.2) is 76.1 Å². The molecule has 7 heteroatoms. The molecule has 1 aromatic heterocycles. The van der Waals surface area contributed by atoms with Crippen LogP contribution in [0.3, 0.4) is 0 Å². The van der Waals surface area contributed by atoms with Gasteiger partial charge in [-0.2, -0.15) is 9.29 Å². The largest absolute Gasteiger partial charge is 0.338 e. The van der Waals surface area contributed by atoms with Crippen molar-refractivity contribution in [3.8, 4) is 11.4 Å². The molecule has 0 spiro atoms. The molecule has 6 nitrogen and oxygen atoms in total. The van der Waals surface area contributed by atoms with Gasteiger partial charge in [-0.15, -0.1) is 0 Å². The first-order chi connectivity index (χ1) is 14.0. The van der Waals surface area contributed by atoms with E-state index in [0.717, 1.165) is 21.9 Å². The van der Waals surface area contributed by atoms with E-state index in [-0.39, 0.29) is 23.9 Å². The van der Waals surface area contributed by atoms with Gasteiger partial charge < -0.3 is 4.52 Å². The second-order valence-corrected chi connectivity index (χ2v) is 8.76. The SMILES string of the molecule is CCN(Cc1nc(-c2cccc(C)c2)no1)S(=O)(=O)c1ccc2ccccc2c1. The van der Waals surface area contributed by atoms with Crippen LogP contribution in [0.2, 0.25) is 0 Å². The summed E-state index contributed by atoms with van der Waals surface area (Å²) in [4.78, 5) is 4.63. The van der Waals surface area contributed by atoms with Crippen LogP contribution in [0, 0.1) is 6.92 Å². The quantitative estimate of drug-likeness (QED) is 0.473. The summed E-state index contributed by atoms with van der Waals surface area (Å²) in [6.45, 7) is 4.08. The van der Waals surface area contributed by atoms with Gasteiger partial charge in [0.25, 0.3) is 0 Å². The minimum absolute atomic E-state index is 0.0183. The highest BCUT2D eigenvalue weighted by molar-refractivity contribution is 7.89. The summed E-state index contributed by atoms with van der Waals surface area (Å²) in [6, 6.07) is 20.6. The molecule has 0 aliphatic heterocycles. The van der Waals surface area contributed by atoms with Gasteiger partial charge in [0.2, 0.25) is 21.7 Å². The minimum atomic E-state index is -3.70. The molecule has 148 valence electrons. The maximum Gasteiger partial charge on any atom is 0.243 e. The topological polar surface area (TPSA) is 76.3 Å². The Bertz CT molecular complexity index is 1270. The van der Waals surface area contributed by atoms with E-state index in [1.807, 2.05) is 61.5 Å². The van der Waals surface area contributed by atoms with E-state index < -0.39 is 10.0 Å². The van der Waals surface area contributed by atoms with Crippen molar-refractivity contribution in [1.29, 1.82) is 0 Å². The molecule has 0 aliphatic carbocycles. The summed E-state index contributed by atoms with van der Waals surface area (Å²) in [5, 5.41) is 5.88. The van der Waals surface area contributed by atoms with E-state index in [1.54, 1.807) is 19.1 Å². The number of benzene rings is 3. The molecule has 29 heavy (non-hydrogen) atoms. The zero-order valence-corrected chi connectivity index (χ0v) is 17.1. The number of fused-ring (bicyclic) bond motifs is 1. The Kier molecular flexibility index (Phi) is 5.17. The average Bonchev–Trinajstić information content (AvgIpc) is 3.20. The molecule has 0 atom stereocenters. The molecule has 0 aliphatic rings. The summed E-state index contributed by atoms with van der Waals surface area (Å²) in [7, 11) is -3.70. The van der Waals surface area contributed by atoms with Gasteiger partial charge in [-0.05, 0) is 35.9 Å². The number of hydrogen-bond donors (Lipinski definition) is 0. The first-order valence-electron chi connectivity index (χ1n) is 9.36. The standard InChI is InChI=1S/C22H21N3O3S/c1-3-25(15-21-23-22(24-28-21)19-10-6-7-16(2)13-19)29(26,27)20-12-11-17-8-4-5-9-18(17)14-20/h4-14H,3,15H2,1-2H3. The Morgan fingerprint density at radius 1 is 0.966 bits per heavy atom. The summed E-state index contributed by atoms with van der Waals surface area (Å²) in [5.74, 6) is 0.704. The number of sulfonamides is 1. The maximum absolute atomic E-state index is 13.2. The number of hydrogen-bond acceptors (Lipinski definition) is 5. The molecule has 3 aromatic carbocycles. The Balaban J connectivity index is 1.61. The van der Waals surface area contributed by atoms with E-state index >= 15 is 0 Å². The van der Waals surface area contributed by atoms with Gasteiger partial charge in [0.1, 0.15) is 0 Å². The van der Waals surface area contributed by atoms with Crippen molar-refractivity contribution in [3.05, 3.63) is 78.2 Å². The number of aryl methyl sites for hydroxylation is 1. The van der Waals surface area contributed by atoms with Gasteiger partial charge in [0, 0.05) is 12.1 Å². The predicted molar refractivity (Wildman–Crippen MR) is 112 cm³/mol. The fraction of sp³-hybridized carbons (Fsp3) is 0.182. The van der Waals surface area contributed by atoms with Gasteiger partial charge in [-0.25, -0.2) is 8.42 Å². The van der Waals surface area contributed by atoms with Gasteiger partial charge in [0.15, 0.2) is 0 Å². The second kappa shape index (κ2) is 7.77. The number of aromatic nitrogens is 2. The van der Waals surface area contributed by atoms with Crippen molar-refractivity contribution in [3.63, 3.8) is 0 Å².